The van der Waals surface area contributed by atoms with Crippen molar-refractivity contribution in [3.05, 3.63) is 65.0 Å². The number of nitrogen functional groups attached to an aromatic ring is 1. The smallest absolute Gasteiger partial charge is 0.254 e. The zero-order chi connectivity index (χ0) is 19.7. The first-order valence-corrected chi connectivity index (χ1v) is 9.93. The molecule has 0 spiro atoms. The van der Waals surface area contributed by atoms with Crippen LogP contribution in [0, 0.1) is 12.8 Å². The highest BCUT2D eigenvalue weighted by Gasteiger charge is 2.27. The van der Waals surface area contributed by atoms with E-state index in [1.54, 1.807) is 0 Å². The van der Waals surface area contributed by atoms with Crippen LogP contribution in [0.1, 0.15) is 46.9 Å². The number of rotatable bonds is 6. The average Bonchev–Trinajstić information content (AvgIpc) is 3.52. The van der Waals surface area contributed by atoms with Gasteiger partial charge in [-0.3, -0.25) is 9.78 Å². The molecule has 2 aromatic heterocycles. The van der Waals surface area contributed by atoms with Crippen LogP contribution in [0.5, 0.6) is 0 Å². The van der Waals surface area contributed by atoms with Crippen molar-refractivity contribution < 1.29 is 4.79 Å². The molecule has 28 heavy (non-hydrogen) atoms. The normalized spacial score (nSPS) is 13.6. The van der Waals surface area contributed by atoms with Gasteiger partial charge in [-0.2, -0.15) is 0 Å². The Bertz CT molecular complexity index is 1010. The van der Waals surface area contributed by atoms with E-state index < -0.39 is 0 Å². The highest BCUT2D eigenvalue weighted by molar-refractivity contribution is 5.98. The first kappa shape index (κ1) is 18.4. The lowest BCUT2D eigenvalue weighted by Crippen LogP contribution is -2.32. The van der Waals surface area contributed by atoms with Gasteiger partial charge < -0.3 is 10.6 Å². The van der Waals surface area contributed by atoms with Gasteiger partial charge in [-0.15, -0.1) is 0 Å². The standard InChI is InChI=1S/C23H26N4O/c1-3-16-6-8-20(25-12-16)14-27(13-17-4-5-17)23(28)18-7-9-21-19(11-18)10-15(2)22(24)26-21/h6-12,17H,3-5,13-14H2,1-2H3,(H2,24,26). The van der Waals surface area contributed by atoms with Gasteiger partial charge in [0.25, 0.3) is 5.91 Å². The van der Waals surface area contributed by atoms with Gasteiger partial charge in [0.1, 0.15) is 5.82 Å². The Balaban J connectivity index is 1.60. The SMILES string of the molecule is CCc1ccc(CN(CC2CC2)C(=O)c2ccc3nc(N)c(C)cc3c2)nc1. The molecule has 1 aromatic carbocycles. The third kappa shape index (κ3) is 3.98. The zero-order valence-electron chi connectivity index (χ0n) is 16.5. The Morgan fingerprint density at radius 2 is 2.04 bits per heavy atom. The number of nitrogens with zero attached hydrogens (tertiary/aromatic N) is 3. The molecule has 0 radical (unpaired) electrons. The van der Waals surface area contributed by atoms with E-state index in [2.05, 4.69) is 23.0 Å². The second-order valence-electron chi connectivity index (χ2n) is 7.74. The lowest BCUT2D eigenvalue weighted by molar-refractivity contribution is 0.0733. The molecular weight excluding hydrogens is 348 g/mol. The Morgan fingerprint density at radius 3 is 2.71 bits per heavy atom. The van der Waals surface area contributed by atoms with Crippen LogP contribution in [-0.2, 0) is 13.0 Å². The van der Waals surface area contributed by atoms with E-state index in [-0.39, 0.29) is 5.91 Å². The van der Waals surface area contributed by atoms with Gasteiger partial charge >= 0.3 is 0 Å². The summed E-state index contributed by atoms with van der Waals surface area (Å²) in [4.78, 5) is 24.2. The van der Waals surface area contributed by atoms with Crippen LogP contribution >= 0.6 is 0 Å². The number of hydrogen-bond donors (Lipinski definition) is 1. The van der Waals surface area contributed by atoms with Crippen LogP contribution in [0.3, 0.4) is 0 Å². The fourth-order valence-electron chi connectivity index (χ4n) is 3.40. The Morgan fingerprint density at radius 1 is 1.21 bits per heavy atom. The first-order valence-electron chi connectivity index (χ1n) is 9.93. The number of benzene rings is 1. The molecule has 144 valence electrons. The van der Waals surface area contributed by atoms with E-state index >= 15 is 0 Å². The van der Waals surface area contributed by atoms with Crippen LogP contribution in [0.2, 0.25) is 0 Å². The number of nitrogens with two attached hydrogens (primary N) is 1. The minimum atomic E-state index is 0.0460. The van der Waals surface area contributed by atoms with Gasteiger partial charge in [0.15, 0.2) is 0 Å². The number of anilines is 1. The molecule has 0 aliphatic heterocycles. The number of carbonyl (C=O) groups is 1. The molecule has 1 aliphatic rings. The van der Waals surface area contributed by atoms with E-state index in [4.69, 9.17) is 5.73 Å². The van der Waals surface area contributed by atoms with Gasteiger partial charge in [0.2, 0.25) is 0 Å². The van der Waals surface area contributed by atoms with Gasteiger partial charge in [0.05, 0.1) is 17.8 Å². The van der Waals surface area contributed by atoms with E-state index in [0.29, 0.717) is 23.8 Å². The van der Waals surface area contributed by atoms with Crippen molar-refractivity contribution in [3.8, 4) is 0 Å². The van der Waals surface area contributed by atoms with E-state index in [1.807, 2.05) is 48.4 Å². The van der Waals surface area contributed by atoms with Crippen molar-refractivity contribution >= 4 is 22.6 Å². The summed E-state index contributed by atoms with van der Waals surface area (Å²) >= 11 is 0. The summed E-state index contributed by atoms with van der Waals surface area (Å²) in [5.41, 5.74) is 10.5. The predicted molar refractivity (Wildman–Crippen MR) is 112 cm³/mol. The van der Waals surface area contributed by atoms with Crippen molar-refractivity contribution in [2.45, 2.75) is 39.7 Å². The summed E-state index contributed by atoms with van der Waals surface area (Å²) in [5, 5.41) is 0.939. The Hall–Kier alpha value is -2.95. The lowest BCUT2D eigenvalue weighted by Gasteiger charge is -2.23. The zero-order valence-corrected chi connectivity index (χ0v) is 16.5. The van der Waals surface area contributed by atoms with Gasteiger partial charge in [-0.1, -0.05) is 13.0 Å². The van der Waals surface area contributed by atoms with Crippen LogP contribution in [0.15, 0.2) is 42.6 Å². The average molecular weight is 374 g/mol. The molecule has 1 amide bonds. The molecule has 0 saturated heterocycles. The molecular formula is C23H26N4O. The van der Waals surface area contributed by atoms with Crippen LogP contribution in [0.25, 0.3) is 10.9 Å². The molecule has 2 heterocycles. The quantitative estimate of drug-likeness (QED) is 0.704. The van der Waals surface area contributed by atoms with Crippen molar-refractivity contribution in [1.82, 2.24) is 14.9 Å². The second-order valence-corrected chi connectivity index (χ2v) is 7.74. The van der Waals surface area contributed by atoms with E-state index in [9.17, 15) is 4.79 Å². The maximum absolute atomic E-state index is 13.3. The van der Waals surface area contributed by atoms with Crippen LogP contribution in [-0.4, -0.2) is 27.3 Å². The molecule has 1 aliphatic carbocycles. The molecule has 3 aromatic rings. The number of hydrogen-bond acceptors (Lipinski definition) is 4. The summed E-state index contributed by atoms with van der Waals surface area (Å²) in [5.74, 6) is 1.19. The number of fused-ring (bicyclic) bond motifs is 1. The number of pyridine rings is 2. The van der Waals surface area contributed by atoms with E-state index in [0.717, 1.165) is 35.1 Å². The Kier molecular flexibility index (Phi) is 4.99. The molecule has 5 nitrogen and oxygen atoms in total. The van der Waals surface area contributed by atoms with Crippen LogP contribution < -0.4 is 5.73 Å². The van der Waals surface area contributed by atoms with Crippen LogP contribution in [0.4, 0.5) is 5.82 Å². The summed E-state index contributed by atoms with van der Waals surface area (Å²) in [6, 6.07) is 11.8. The number of aryl methyl sites for hydroxylation is 2. The molecule has 5 heteroatoms. The first-order chi connectivity index (χ1) is 13.5. The third-order valence-corrected chi connectivity index (χ3v) is 5.40. The highest BCUT2D eigenvalue weighted by atomic mass is 16.2. The largest absolute Gasteiger partial charge is 0.383 e. The fourth-order valence-corrected chi connectivity index (χ4v) is 3.40. The van der Waals surface area contributed by atoms with Crippen molar-refractivity contribution in [2.24, 2.45) is 5.92 Å². The molecule has 0 bridgehead atoms. The lowest BCUT2D eigenvalue weighted by atomic mass is 10.1. The van der Waals surface area contributed by atoms with Gasteiger partial charge in [0, 0.05) is 23.7 Å². The van der Waals surface area contributed by atoms with E-state index in [1.165, 1.54) is 18.4 Å². The fraction of sp³-hybridized carbons (Fsp3) is 0.348. The van der Waals surface area contributed by atoms with Gasteiger partial charge in [-0.05, 0) is 73.6 Å². The molecule has 1 saturated carbocycles. The highest BCUT2D eigenvalue weighted by Crippen LogP contribution is 2.31. The molecule has 4 rings (SSSR count). The molecule has 1 fully saturated rings. The third-order valence-electron chi connectivity index (χ3n) is 5.40. The van der Waals surface area contributed by atoms with Crippen molar-refractivity contribution in [3.63, 3.8) is 0 Å². The predicted octanol–water partition coefficient (Wildman–Crippen LogP) is 4.14. The summed E-state index contributed by atoms with van der Waals surface area (Å²) in [6.45, 7) is 5.37. The number of aromatic nitrogens is 2. The minimum Gasteiger partial charge on any atom is -0.383 e. The topological polar surface area (TPSA) is 72.1 Å². The monoisotopic (exact) mass is 374 g/mol. The molecule has 2 N–H and O–H groups in total. The van der Waals surface area contributed by atoms with Crippen molar-refractivity contribution in [1.29, 1.82) is 0 Å². The number of amides is 1. The minimum absolute atomic E-state index is 0.0460. The number of carbonyl (C=O) groups excluding carboxylic acids is 1. The second kappa shape index (κ2) is 7.58. The molecule has 0 atom stereocenters. The Labute approximate surface area is 165 Å². The van der Waals surface area contributed by atoms with Gasteiger partial charge in [-0.25, -0.2) is 4.98 Å². The molecule has 0 unspecified atom stereocenters. The van der Waals surface area contributed by atoms with Crippen molar-refractivity contribution in [2.75, 3.05) is 12.3 Å². The maximum atomic E-state index is 13.3. The summed E-state index contributed by atoms with van der Waals surface area (Å²) < 4.78 is 0. The summed E-state index contributed by atoms with van der Waals surface area (Å²) in [6.07, 6.45) is 5.27. The maximum Gasteiger partial charge on any atom is 0.254 e. The summed E-state index contributed by atoms with van der Waals surface area (Å²) in [7, 11) is 0.